The molecule has 1 aliphatic heterocycles. The van der Waals surface area contributed by atoms with Gasteiger partial charge in [-0.1, -0.05) is 18.6 Å². The van der Waals surface area contributed by atoms with Crippen molar-refractivity contribution in [3.63, 3.8) is 0 Å². The Morgan fingerprint density at radius 1 is 1.19 bits per heavy atom. The monoisotopic (exact) mass is 286 g/mol. The first-order valence-corrected chi connectivity index (χ1v) is 7.84. The van der Waals surface area contributed by atoms with E-state index in [0.29, 0.717) is 23.2 Å². The van der Waals surface area contributed by atoms with Crippen LogP contribution in [-0.4, -0.2) is 29.3 Å². The molecule has 4 nitrogen and oxygen atoms in total. The van der Waals surface area contributed by atoms with Crippen LogP contribution in [0.2, 0.25) is 0 Å². The van der Waals surface area contributed by atoms with Gasteiger partial charge in [0.2, 0.25) is 0 Å². The van der Waals surface area contributed by atoms with E-state index in [2.05, 4.69) is 5.32 Å². The molecule has 1 aromatic carbocycles. The van der Waals surface area contributed by atoms with Crippen LogP contribution in [0.3, 0.4) is 0 Å². The van der Waals surface area contributed by atoms with Crippen LogP contribution in [0.4, 0.5) is 10.5 Å². The maximum absolute atomic E-state index is 12.5. The molecular formula is C17H22N2O2. The second-order valence-corrected chi connectivity index (χ2v) is 6.16. The molecule has 0 spiro atoms. The Labute approximate surface area is 125 Å². The number of benzene rings is 1. The number of amides is 2. The number of carbonyl (C=O) groups is 2. The number of hydrogen-bond donors (Lipinski definition) is 1. The summed E-state index contributed by atoms with van der Waals surface area (Å²) >= 11 is 0. The van der Waals surface area contributed by atoms with Crippen LogP contribution in [-0.2, 0) is 0 Å². The molecule has 21 heavy (non-hydrogen) atoms. The van der Waals surface area contributed by atoms with Crippen molar-refractivity contribution >= 4 is 17.5 Å². The first kappa shape index (κ1) is 14.1. The Kier molecular flexibility index (Phi) is 3.95. The smallest absolute Gasteiger partial charge is 0.321 e. The minimum atomic E-state index is -0.0210. The number of nitrogens with zero attached hydrogens (tertiary/aromatic N) is 1. The van der Waals surface area contributed by atoms with Crippen LogP contribution in [0.5, 0.6) is 0 Å². The van der Waals surface area contributed by atoms with Crippen LogP contribution < -0.4 is 5.32 Å². The summed E-state index contributed by atoms with van der Waals surface area (Å²) in [5.74, 6) is 0.702. The van der Waals surface area contributed by atoms with Crippen molar-refractivity contribution in [1.29, 1.82) is 0 Å². The van der Waals surface area contributed by atoms with E-state index in [1.54, 1.807) is 18.2 Å². The standard InChI is InChI=1S/C17H22N2O2/c1-12(20)14-6-2-8-15(11-14)18-17(21)19-10-4-7-13-5-3-9-16(13)19/h2,6,8,11,13,16H,3-5,7,9-10H2,1H3,(H,18,21). The van der Waals surface area contributed by atoms with Gasteiger partial charge in [0.15, 0.2) is 5.78 Å². The Morgan fingerprint density at radius 2 is 2.00 bits per heavy atom. The molecule has 1 saturated heterocycles. The molecule has 2 amide bonds. The maximum Gasteiger partial charge on any atom is 0.322 e. The number of nitrogens with one attached hydrogen (secondary N) is 1. The second kappa shape index (κ2) is 5.88. The van der Waals surface area contributed by atoms with Crippen molar-refractivity contribution in [3.05, 3.63) is 29.8 Å². The minimum Gasteiger partial charge on any atom is -0.321 e. The fourth-order valence-electron chi connectivity index (χ4n) is 3.72. The first-order valence-electron chi connectivity index (χ1n) is 7.84. The van der Waals surface area contributed by atoms with Crippen molar-refractivity contribution in [3.8, 4) is 0 Å². The molecule has 3 rings (SSSR count). The third-order valence-corrected chi connectivity index (χ3v) is 4.77. The molecule has 1 saturated carbocycles. The number of fused-ring (bicyclic) bond motifs is 1. The van der Waals surface area contributed by atoms with Crippen LogP contribution >= 0.6 is 0 Å². The van der Waals surface area contributed by atoms with Crippen LogP contribution in [0.15, 0.2) is 24.3 Å². The predicted molar refractivity (Wildman–Crippen MR) is 82.5 cm³/mol. The average Bonchev–Trinajstić information content (AvgIpc) is 2.95. The number of carbonyl (C=O) groups excluding carboxylic acids is 2. The van der Waals surface area contributed by atoms with Crippen molar-refractivity contribution in [2.45, 2.75) is 45.1 Å². The number of rotatable bonds is 2. The Balaban J connectivity index is 1.71. The second-order valence-electron chi connectivity index (χ2n) is 6.16. The van der Waals surface area contributed by atoms with Gasteiger partial charge in [0, 0.05) is 23.8 Å². The third-order valence-electron chi connectivity index (χ3n) is 4.77. The van der Waals surface area contributed by atoms with Crippen molar-refractivity contribution < 1.29 is 9.59 Å². The highest BCUT2D eigenvalue weighted by molar-refractivity contribution is 5.96. The van der Waals surface area contributed by atoms with E-state index < -0.39 is 0 Å². The quantitative estimate of drug-likeness (QED) is 0.843. The molecule has 0 radical (unpaired) electrons. The minimum absolute atomic E-state index is 0.0138. The van der Waals surface area contributed by atoms with Gasteiger partial charge in [-0.3, -0.25) is 4.79 Å². The zero-order valence-electron chi connectivity index (χ0n) is 12.5. The van der Waals surface area contributed by atoms with Gasteiger partial charge in [0.05, 0.1) is 0 Å². The third kappa shape index (κ3) is 2.94. The molecule has 0 bridgehead atoms. The Hall–Kier alpha value is -1.84. The van der Waals surface area contributed by atoms with Gasteiger partial charge in [0.1, 0.15) is 0 Å². The zero-order valence-corrected chi connectivity index (χ0v) is 12.5. The fourth-order valence-corrected chi connectivity index (χ4v) is 3.72. The topological polar surface area (TPSA) is 49.4 Å². The molecule has 2 unspecified atom stereocenters. The van der Waals surface area contributed by atoms with Crippen molar-refractivity contribution in [2.24, 2.45) is 5.92 Å². The molecule has 112 valence electrons. The highest BCUT2D eigenvalue weighted by atomic mass is 16.2. The van der Waals surface area contributed by atoms with E-state index in [-0.39, 0.29) is 11.8 Å². The maximum atomic E-state index is 12.5. The average molecular weight is 286 g/mol. The summed E-state index contributed by atoms with van der Waals surface area (Å²) in [6.45, 7) is 2.38. The first-order chi connectivity index (χ1) is 10.1. The van der Waals surface area contributed by atoms with E-state index in [4.69, 9.17) is 0 Å². The zero-order chi connectivity index (χ0) is 14.8. The number of Topliss-reactive ketones (excluding diaryl/α,β-unsaturated/α-hetero) is 1. The van der Waals surface area contributed by atoms with Crippen LogP contribution in [0, 0.1) is 5.92 Å². The number of piperidine rings is 1. The fraction of sp³-hybridized carbons (Fsp3) is 0.529. The van der Waals surface area contributed by atoms with Gasteiger partial charge in [-0.2, -0.15) is 0 Å². The molecule has 1 aliphatic carbocycles. The van der Waals surface area contributed by atoms with Crippen LogP contribution in [0.1, 0.15) is 49.4 Å². The van der Waals surface area contributed by atoms with Gasteiger partial charge < -0.3 is 10.2 Å². The number of ketones is 1. The lowest BCUT2D eigenvalue weighted by Crippen LogP contribution is -2.48. The summed E-state index contributed by atoms with van der Waals surface area (Å²) in [7, 11) is 0. The predicted octanol–water partition coefficient (Wildman–Crippen LogP) is 3.69. The molecule has 2 fully saturated rings. The van der Waals surface area contributed by atoms with E-state index in [1.165, 1.54) is 26.2 Å². The highest BCUT2D eigenvalue weighted by Gasteiger charge is 2.37. The number of hydrogen-bond acceptors (Lipinski definition) is 2. The van der Waals surface area contributed by atoms with Gasteiger partial charge in [-0.05, 0) is 50.7 Å². The molecule has 1 heterocycles. The van der Waals surface area contributed by atoms with E-state index in [9.17, 15) is 9.59 Å². The summed E-state index contributed by atoms with van der Waals surface area (Å²) in [5, 5.41) is 2.95. The summed E-state index contributed by atoms with van der Waals surface area (Å²) in [6.07, 6.45) is 5.98. The Bertz CT molecular complexity index is 555. The number of urea groups is 1. The SMILES string of the molecule is CC(=O)c1cccc(NC(=O)N2CCCC3CCCC32)c1. The molecule has 4 heteroatoms. The van der Waals surface area contributed by atoms with Crippen LogP contribution in [0.25, 0.3) is 0 Å². The van der Waals surface area contributed by atoms with Crippen molar-refractivity contribution in [2.75, 3.05) is 11.9 Å². The number of likely N-dealkylation sites (tertiary alicyclic amines) is 1. The summed E-state index contributed by atoms with van der Waals surface area (Å²) in [5.41, 5.74) is 1.33. The van der Waals surface area contributed by atoms with Gasteiger partial charge in [-0.15, -0.1) is 0 Å². The lowest BCUT2D eigenvalue weighted by Gasteiger charge is -2.37. The molecule has 1 aromatic rings. The summed E-state index contributed by atoms with van der Waals surface area (Å²) < 4.78 is 0. The Morgan fingerprint density at radius 3 is 2.81 bits per heavy atom. The molecular weight excluding hydrogens is 264 g/mol. The number of anilines is 1. The van der Waals surface area contributed by atoms with E-state index in [0.717, 1.165) is 19.4 Å². The summed E-state index contributed by atoms with van der Waals surface area (Å²) in [6, 6.07) is 7.55. The normalized spacial score (nSPS) is 24.5. The van der Waals surface area contributed by atoms with Gasteiger partial charge in [-0.25, -0.2) is 4.79 Å². The molecule has 2 aliphatic rings. The summed E-state index contributed by atoms with van der Waals surface area (Å²) in [4.78, 5) is 25.9. The van der Waals surface area contributed by atoms with Crippen molar-refractivity contribution in [1.82, 2.24) is 4.90 Å². The molecule has 1 N–H and O–H groups in total. The lowest BCUT2D eigenvalue weighted by atomic mass is 9.92. The largest absolute Gasteiger partial charge is 0.322 e. The van der Waals surface area contributed by atoms with E-state index >= 15 is 0 Å². The molecule has 2 atom stereocenters. The van der Waals surface area contributed by atoms with Gasteiger partial charge >= 0.3 is 6.03 Å². The van der Waals surface area contributed by atoms with E-state index in [1.807, 2.05) is 11.0 Å². The van der Waals surface area contributed by atoms with Gasteiger partial charge in [0.25, 0.3) is 0 Å². The lowest BCUT2D eigenvalue weighted by molar-refractivity contribution is 0.101. The highest BCUT2D eigenvalue weighted by Crippen LogP contribution is 2.36. The molecule has 0 aromatic heterocycles.